The highest BCUT2D eigenvalue weighted by Crippen LogP contribution is 2.12. The van der Waals surface area contributed by atoms with E-state index in [9.17, 15) is 0 Å². The third-order valence-corrected chi connectivity index (χ3v) is 3.47. The Hall–Kier alpha value is -1.75. The van der Waals surface area contributed by atoms with Crippen LogP contribution in [-0.2, 0) is 6.54 Å². The van der Waals surface area contributed by atoms with E-state index in [0.29, 0.717) is 0 Å². The van der Waals surface area contributed by atoms with Crippen LogP contribution in [0.1, 0.15) is 12.5 Å². The van der Waals surface area contributed by atoms with E-state index in [1.807, 2.05) is 26.2 Å². The van der Waals surface area contributed by atoms with Crippen LogP contribution in [0, 0.1) is 0 Å². The van der Waals surface area contributed by atoms with Gasteiger partial charge in [-0.2, -0.15) is 0 Å². The van der Waals surface area contributed by atoms with Crippen molar-refractivity contribution in [2.75, 3.05) is 47.9 Å². The van der Waals surface area contributed by atoms with Gasteiger partial charge in [-0.3, -0.25) is 4.99 Å². The molecular formula is C16H28N4O. The van der Waals surface area contributed by atoms with Gasteiger partial charge in [0.05, 0.1) is 7.11 Å². The third-order valence-electron chi connectivity index (χ3n) is 3.47. The Morgan fingerprint density at radius 2 is 1.90 bits per heavy atom. The smallest absolute Gasteiger partial charge is 0.193 e. The van der Waals surface area contributed by atoms with Crippen LogP contribution in [0.3, 0.4) is 0 Å². The molecule has 0 bridgehead atoms. The minimum Gasteiger partial charge on any atom is -0.497 e. The van der Waals surface area contributed by atoms with E-state index in [2.05, 4.69) is 46.2 Å². The van der Waals surface area contributed by atoms with Crippen LogP contribution < -0.4 is 10.1 Å². The molecule has 0 amide bonds. The van der Waals surface area contributed by atoms with Crippen molar-refractivity contribution in [3.8, 4) is 5.75 Å². The van der Waals surface area contributed by atoms with Gasteiger partial charge in [-0.05, 0) is 31.3 Å². The zero-order chi connectivity index (χ0) is 15.7. The molecule has 0 aliphatic heterocycles. The molecule has 0 aromatic heterocycles. The van der Waals surface area contributed by atoms with Gasteiger partial charge in [0.25, 0.3) is 0 Å². The zero-order valence-corrected chi connectivity index (χ0v) is 13.9. The topological polar surface area (TPSA) is 40.1 Å². The van der Waals surface area contributed by atoms with E-state index in [-0.39, 0.29) is 0 Å². The molecule has 0 aliphatic rings. The largest absolute Gasteiger partial charge is 0.497 e. The summed E-state index contributed by atoms with van der Waals surface area (Å²) < 4.78 is 5.17. The molecule has 1 N–H and O–H groups in total. The Bertz CT molecular complexity index is 430. The Labute approximate surface area is 128 Å². The molecule has 118 valence electrons. The van der Waals surface area contributed by atoms with E-state index >= 15 is 0 Å². The molecule has 0 radical (unpaired) electrons. The first-order valence-electron chi connectivity index (χ1n) is 7.34. The number of guanidine groups is 1. The molecule has 0 fully saturated rings. The van der Waals surface area contributed by atoms with Crippen molar-refractivity contribution < 1.29 is 4.74 Å². The van der Waals surface area contributed by atoms with Crippen molar-refractivity contribution in [1.29, 1.82) is 0 Å². The Balaban J connectivity index is 2.48. The normalized spacial score (nSPS) is 11.6. The monoisotopic (exact) mass is 292 g/mol. The van der Waals surface area contributed by atoms with E-state index in [0.717, 1.165) is 37.9 Å². The molecule has 0 saturated carbocycles. The van der Waals surface area contributed by atoms with Crippen LogP contribution in [0.25, 0.3) is 0 Å². The molecule has 0 atom stereocenters. The fourth-order valence-electron chi connectivity index (χ4n) is 1.98. The standard InChI is InChI=1S/C16H28N4O/c1-6-19(3)12-11-18-16(17-2)20(4)13-14-7-9-15(21-5)10-8-14/h7-10H,6,11-13H2,1-5H3,(H,17,18). The van der Waals surface area contributed by atoms with E-state index < -0.39 is 0 Å². The first-order valence-corrected chi connectivity index (χ1v) is 7.34. The van der Waals surface area contributed by atoms with Crippen LogP contribution in [0.2, 0.25) is 0 Å². The fraction of sp³-hybridized carbons (Fsp3) is 0.562. The molecule has 0 saturated heterocycles. The second-order valence-electron chi connectivity index (χ2n) is 5.07. The molecular weight excluding hydrogens is 264 g/mol. The van der Waals surface area contributed by atoms with Gasteiger partial charge in [-0.1, -0.05) is 19.1 Å². The van der Waals surface area contributed by atoms with Gasteiger partial charge in [0, 0.05) is 33.7 Å². The van der Waals surface area contributed by atoms with Crippen molar-refractivity contribution in [3.63, 3.8) is 0 Å². The average molecular weight is 292 g/mol. The second-order valence-corrected chi connectivity index (χ2v) is 5.07. The highest BCUT2D eigenvalue weighted by molar-refractivity contribution is 5.79. The second kappa shape index (κ2) is 9.23. The lowest BCUT2D eigenvalue weighted by atomic mass is 10.2. The number of ether oxygens (including phenoxy) is 1. The summed E-state index contributed by atoms with van der Waals surface area (Å²) in [7, 11) is 7.66. The Morgan fingerprint density at radius 3 is 2.43 bits per heavy atom. The van der Waals surface area contributed by atoms with Gasteiger partial charge in [-0.25, -0.2) is 0 Å². The molecule has 0 aliphatic carbocycles. The highest BCUT2D eigenvalue weighted by Gasteiger charge is 2.06. The lowest BCUT2D eigenvalue weighted by molar-refractivity contribution is 0.353. The summed E-state index contributed by atoms with van der Waals surface area (Å²) in [5.74, 6) is 1.79. The number of rotatable bonds is 7. The van der Waals surface area contributed by atoms with Gasteiger partial charge >= 0.3 is 0 Å². The minimum absolute atomic E-state index is 0.813. The Morgan fingerprint density at radius 1 is 1.24 bits per heavy atom. The molecule has 1 aromatic carbocycles. The van der Waals surface area contributed by atoms with Gasteiger partial charge in [0.2, 0.25) is 0 Å². The molecule has 0 spiro atoms. The van der Waals surface area contributed by atoms with Crippen LogP contribution >= 0.6 is 0 Å². The van der Waals surface area contributed by atoms with Crippen molar-refractivity contribution in [3.05, 3.63) is 29.8 Å². The number of hydrogen-bond donors (Lipinski definition) is 1. The highest BCUT2D eigenvalue weighted by atomic mass is 16.5. The number of likely N-dealkylation sites (N-methyl/N-ethyl adjacent to an activating group) is 1. The first-order chi connectivity index (χ1) is 10.1. The molecule has 0 heterocycles. The summed E-state index contributed by atoms with van der Waals surface area (Å²) in [4.78, 5) is 8.72. The van der Waals surface area contributed by atoms with Crippen molar-refractivity contribution in [2.45, 2.75) is 13.5 Å². The molecule has 1 aromatic rings. The van der Waals surface area contributed by atoms with Crippen LogP contribution in [0.15, 0.2) is 29.3 Å². The van der Waals surface area contributed by atoms with E-state index in [4.69, 9.17) is 4.74 Å². The number of nitrogens with zero attached hydrogens (tertiary/aromatic N) is 3. The number of nitrogens with one attached hydrogen (secondary N) is 1. The molecule has 5 nitrogen and oxygen atoms in total. The maximum Gasteiger partial charge on any atom is 0.193 e. The summed E-state index contributed by atoms with van der Waals surface area (Å²) in [5.41, 5.74) is 1.23. The van der Waals surface area contributed by atoms with Crippen molar-refractivity contribution in [1.82, 2.24) is 15.1 Å². The molecule has 5 heteroatoms. The minimum atomic E-state index is 0.813. The number of aliphatic imine (C=N–C) groups is 1. The first kappa shape index (κ1) is 17.3. The molecule has 21 heavy (non-hydrogen) atoms. The maximum absolute atomic E-state index is 5.17. The summed E-state index contributed by atoms with van der Waals surface area (Å²) >= 11 is 0. The number of hydrogen-bond acceptors (Lipinski definition) is 3. The average Bonchev–Trinajstić information content (AvgIpc) is 2.51. The lowest BCUT2D eigenvalue weighted by Gasteiger charge is -2.23. The van der Waals surface area contributed by atoms with E-state index in [1.165, 1.54) is 5.56 Å². The Kier molecular flexibility index (Phi) is 7.61. The van der Waals surface area contributed by atoms with Crippen LogP contribution in [-0.4, -0.2) is 63.6 Å². The zero-order valence-electron chi connectivity index (χ0n) is 13.9. The van der Waals surface area contributed by atoms with Gasteiger partial charge in [0.15, 0.2) is 5.96 Å². The predicted octanol–water partition coefficient (Wildman–Crippen LogP) is 1.65. The maximum atomic E-state index is 5.17. The number of methoxy groups -OCH3 is 1. The molecule has 1 rings (SSSR count). The van der Waals surface area contributed by atoms with E-state index in [1.54, 1.807) is 7.11 Å². The number of benzene rings is 1. The molecule has 0 unspecified atom stereocenters. The van der Waals surface area contributed by atoms with Crippen LogP contribution in [0.5, 0.6) is 5.75 Å². The van der Waals surface area contributed by atoms with Gasteiger partial charge in [0.1, 0.15) is 5.75 Å². The van der Waals surface area contributed by atoms with Crippen molar-refractivity contribution >= 4 is 5.96 Å². The SMILES string of the molecule is CCN(C)CCNC(=NC)N(C)Cc1ccc(OC)cc1. The fourth-order valence-corrected chi connectivity index (χ4v) is 1.98. The summed E-state index contributed by atoms with van der Waals surface area (Å²) in [6, 6.07) is 8.12. The van der Waals surface area contributed by atoms with Gasteiger partial charge < -0.3 is 19.9 Å². The summed E-state index contributed by atoms with van der Waals surface area (Å²) in [6.07, 6.45) is 0. The summed E-state index contributed by atoms with van der Waals surface area (Å²) in [5, 5.41) is 3.39. The van der Waals surface area contributed by atoms with Crippen LogP contribution in [0.4, 0.5) is 0 Å². The summed E-state index contributed by atoms with van der Waals surface area (Å²) in [6.45, 7) is 5.93. The van der Waals surface area contributed by atoms with Crippen molar-refractivity contribution in [2.24, 2.45) is 4.99 Å². The third kappa shape index (κ3) is 6.04. The predicted molar refractivity (Wildman–Crippen MR) is 89.0 cm³/mol. The van der Waals surface area contributed by atoms with Gasteiger partial charge in [-0.15, -0.1) is 0 Å². The lowest BCUT2D eigenvalue weighted by Crippen LogP contribution is -2.41. The quantitative estimate of drug-likeness (QED) is 0.613.